The fourth-order valence-electron chi connectivity index (χ4n) is 2.18. The summed E-state index contributed by atoms with van der Waals surface area (Å²) in [5.74, 6) is -0.0889. The molecule has 1 heterocycles. The maximum absolute atomic E-state index is 13.4. The van der Waals surface area contributed by atoms with Gasteiger partial charge in [0.2, 0.25) is 0 Å². The van der Waals surface area contributed by atoms with Gasteiger partial charge in [-0.15, -0.1) is 0 Å². The minimum absolute atomic E-state index is 0.0307. The molecular weight excluding hydrogens is 269 g/mol. The van der Waals surface area contributed by atoms with Crippen molar-refractivity contribution in [3.05, 3.63) is 29.0 Å². The Morgan fingerprint density at radius 1 is 1.37 bits per heavy atom. The minimum Gasteiger partial charge on any atom is -0.471 e. The summed E-state index contributed by atoms with van der Waals surface area (Å²) in [4.78, 5) is 2.21. The molecule has 1 atom stereocenters. The van der Waals surface area contributed by atoms with E-state index in [9.17, 15) is 4.39 Å². The molecule has 1 fully saturated rings. The Balaban J connectivity index is 2.07. The number of rotatable bonds is 6. The molecule has 0 bridgehead atoms. The van der Waals surface area contributed by atoms with Crippen molar-refractivity contribution in [2.75, 3.05) is 26.3 Å². The van der Waals surface area contributed by atoms with Crippen LogP contribution < -0.4 is 4.74 Å². The third-order valence-corrected chi connectivity index (χ3v) is 3.56. The number of hydrogen-bond acceptors (Lipinski definition) is 3. The van der Waals surface area contributed by atoms with Gasteiger partial charge in [0.05, 0.1) is 6.61 Å². The van der Waals surface area contributed by atoms with Crippen LogP contribution in [0.1, 0.15) is 19.8 Å². The van der Waals surface area contributed by atoms with Gasteiger partial charge in [0.25, 0.3) is 0 Å². The number of nitrogens with zero attached hydrogens (tertiary/aromatic N) is 1. The topological polar surface area (TPSA) is 21.7 Å². The molecule has 1 aliphatic rings. The predicted octanol–water partition coefficient (Wildman–Crippen LogP) is 3.32. The standard InChI is InChI=1S/C14H19ClFNO2/c1-2-18-10-13(17-8-3-4-9-17)19-12-7-5-6-11(16)14(12)15/h5-7,13H,2-4,8-10H2,1H3/t13-/m1/s1. The number of likely N-dealkylation sites (tertiary alicyclic amines) is 1. The summed E-state index contributed by atoms with van der Waals surface area (Å²) in [6.45, 7) is 4.99. The van der Waals surface area contributed by atoms with E-state index < -0.39 is 5.82 Å². The molecule has 0 unspecified atom stereocenters. The first-order valence-electron chi connectivity index (χ1n) is 6.65. The molecule has 0 N–H and O–H groups in total. The Hall–Kier alpha value is -0.840. The molecule has 1 aliphatic heterocycles. The lowest BCUT2D eigenvalue weighted by molar-refractivity contribution is -0.0292. The van der Waals surface area contributed by atoms with Gasteiger partial charge < -0.3 is 9.47 Å². The minimum atomic E-state index is -0.462. The highest BCUT2D eigenvalue weighted by Crippen LogP contribution is 2.28. The second-order valence-corrected chi connectivity index (χ2v) is 4.90. The van der Waals surface area contributed by atoms with E-state index in [-0.39, 0.29) is 11.3 Å². The first-order valence-corrected chi connectivity index (χ1v) is 7.02. The van der Waals surface area contributed by atoms with Gasteiger partial charge in [-0.3, -0.25) is 4.90 Å². The zero-order valence-corrected chi connectivity index (χ0v) is 11.8. The van der Waals surface area contributed by atoms with Gasteiger partial charge in [0.1, 0.15) is 16.6 Å². The van der Waals surface area contributed by atoms with Crippen LogP contribution in [-0.2, 0) is 4.74 Å². The van der Waals surface area contributed by atoms with Crippen molar-refractivity contribution in [3.8, 4) is 5.75 Å². The lowest BCUT2D eigenvalue weighted by Gasteiger charge is -2.28. The zero-order valence-electron chi connectivity index (χ0n) is 11.1. The van der Waals surface area contributed by atoms with Crippen LogP contribution in [0.4, 0.5) is 4.39 Å². The monoisotopic (exact) mass is 287 g/mol. The highest BCUT2D eigenvalue weighted by Gasteiger charge is 2.24. The first kappa shape index (κ1) is 14.6. The van der Waals surface area contributed by atoms with Crippen molar-refractivity contribution >= 4 is 11.6 Å². The van der Waals surface area contributed by atoms with Crippen molar-refractivity contribution in [2.24, 2.45) is 0 Å². The maximum Gasteiger partial charge on any atom is 0.176 e. The van der Waals surface area contributed by atoms with Gasteiger partial charge in [-0.05, 0) is 31.9 Å². The summed E-state index contributed by atoms with van der Waals surface area (Å²) in [6.07, 6.45) is 2.10. The number of benzene rings is 1. The van der Waals surface area contributed by atoms with Crippen molar-refractivity contribution in [2.45, 2.75) is 26.0 Å². The highest BCUT2D eigenvalue weighted by atomic mass is 35.5. The molecule has 2 rings (SSSR count). The molecular formula is C14H19ClFNO2. The summed E-state index contributed by atoms with van der Waals surface area (Å²) >= 11 is 5.92. The third-order valence-electron chi connectivity index (χ3n) is 3.19. The molecule has 0 aliphatic carbocycles. The molecule has 0 amide bonds. The second-order valence-electron chi connectivity index (χ2n) is 4.53. The smallest absolute Gasteiger partial charge is 0.176 e. The Morgan fingerprint density at radius 3 is 2.79 bits per heavy atom. The Morgan fingerprint density at radius 2 is 2.11 bits per heavy atom. The van der Waals surface area contributed by atoms with E-state index in [0.717, 1.165) is 25.9 Å². The fraction of sp³-hybridized carbons (Fsp3) is 0.571. The van der Waals surface area contributed by atoms with E-state index in [0.29, 0.717) is 19.0 Å². The average molecular weight is 288 g/mol. The molecule has 106 valence electrons. The van der Waals surface area contributed by atoms with E-state index in [1.165, 1.54) is 6.07 Å². The molecule has 0 radical (unpaired) electrons. The summed E-state index contributed by atoms with van der Waals surface area (Å²) in [5.41, 5.74) is 0. The average Bonchev–Trinajstić information content (AvgIpc) is 2.93. The molecule has 0 saturated carbocycles. The van der Waals surface area contributed by atoms with Gasteiger partial charge in [-0.2, -0.15) is 0 Å². The van der Waals surface area contributed by atoms with E-state index in [1.807, 2.05) is 6.92 Å². The van der Waals surface area contributed by atoms with Gasteiger partial charge in [0.15, 0.2) is 6.23 Å². The van der Waals surface area contributed by atoms with Gasteiger partial charge >= 0.3 is 0 Å². The lowest BCUT2D eigenvalue weighted by Crippen LogP contribution is -2.41. The zero-order chi connectivity index (χ0) is 13.7. The van der Waals surface area contributed by atoms with Gasteiger partial charge in [-0.1, -0.05) is 17.7 Å². The molecule has 1 aromatic rings. The largest absolute Gasteiger partial charge is 0.471 e. The van der Waals surface area contributed by atoms with Crippen molar-refractivity contribution < 1.29 is 13.9 Å². The van der Waals surface area contributed by atoms with Crippen LogP contribution in [0, 0.1) is 5.82 Å². The summed E-state index contributed by atoms with van der Waals surface area (Å²) < 4.78 is 24.7. The number of hydrogen-bond donors (Lipinski definition) is 0. The Kier molecular flexibility index (Phi) is 5.43. The van der Waals surface area contributed by atoms with Gasteiger partial charge in [0, 0.05) is 19.7 Å². The third kappa shape index (κ3) is 3.81. The normalized spacial score (nSPS) is 17.6. The summed E-state index contributed by atoms with van der Waals surface area (Å²) in [6, 6.07) is 4.60. The van der Waals surface area contributed by atoms with Crippen molar-refractivity contribution in [1.82, 2.24) is 4.90 Å². The molecule has 3 nitrogen and oxygen atoms in total. The van der Waals surface area contributed by atoms with Crippen LogP contribution in [-0.4, -0.2) is 37.4 Å². The fourth-order valence-corrected chi connectivity index (χ4v) is 2.35. The molecule has 1 saturated heterocycles. The van der Waals surface area contributed by atoms with Crippen molar-refractivity contribution in [3.63, 3.8) is 0 Å². The van der Waals surface area contributed by atoms with Gasteiger partial charge in [-0.25, -0.2) is 4.39 Å². The number of ether oxygens (including phenoxy) is 2. The number of halogens is 2. The van der Waals surface area contributed by atoms with Crippen LogP contribution in [0.2, 0.25) is 5.02 Å². The first-order chi connectivity index (χ1) is 9.22. The van der Waals surface area contributed by atoms with E-state index in [4.69, 9.17) is 21.1 Å². The highest BCUT2D eigenvalue weighted by molar-refractivity contribution is 6.32. The summed E-state index contributed by atoms with van der Waals surface area (Å²) in [7, 11) is 0. The van der Waals surface area contributed by atoms with Crippen LogP contribution >= 0.6 is 11.6 Å². The lowest BCUT2D eigenvalue weighted by atomic mass is 10.3. The molecule has 1 aromatic carbocycles. The molecule has 0 spiro atoms. The van der Waals surface area contributed by atoms with Crippen molar-refractivity contribution in [1.29, 1.82) is 0 Å². The maximum atomic E-state index is 13.4. The Labute approximate surface area is 118 Å². The van der Waals surface area contributed by atoms with E-state index in [2.05, 4.69) is 4.90 Å². The molecule has 0 aromatic heterocycles. The van der Waals surface area contributed by atoms with Crippen LogP contribution in [0.3, 0.4) is 0 Å². The van der Waals surface area contributed by atoms with Crippen LogP contribution in [0.25, 0.3) is 0 Å². The SMILES string of the molecule is CCOC[C@@H](Oc1cccc(F)c1Cl)N1CCCC1. The molecule has 19 heavy (non-hydrogen) atoms. The summed E-state index contributed by atoms with van der Waals surface area (Å²) in [5, 5.41) is 0.0307. The quantitative estimate of drug-likeness (QED) is 0.801. The van der Waals surface area contributed by atoms with Crippen LogP contribution in [0.15, 0.2) is 18.2 Å². The van der Waals surface area contributed by atoms with E-state index >= 15 is 0 Å². The molecule has 5 heteroatoms. The second kappa shape index (κ2) is 7.08. The Bertz CT molecular complexity index is 410. The van der Waals surface area contributed by atoms with E-state index in [1.54, 1.807) is 12.1 Å². The van der Waals surface area contributed by atoms with Crippen LogP contribution in [0.5, 0.6) is 5.75 Å². The predicted molar refractivity (Wildman–Crippen MR) is 73.1 cm³/mol.